The molecule has 0 unspecified atom stereocenters. The third kappa shape index (κ3) is 15.2. The zero-order valence-electron chi connectivity index (χ0n) is 19.4. The van der Waals surface area contributed by atoms with Crippen molar-refractivity contribution in [1.82, 2.24) is 0 Å². The first-order valence-electron chi connectivity index (χ1n) is 12.9. The average Bonchev–Trinajstić information content (AvgIpc) is 2.72. The van der Waals surface area contributed by atoms with E-state index in [0.717, 1.165) is 0 Å². The Morgan fingerprint density at radius 1 is 0.464 bits per heavy atom. The molecule has 0 N–H and O–H groups in total. The van der Waals surface area contributed by atoms with E-state index in [1.54, 1.807) is 0 Å². The van der Waals surface area contributed by atoms with E-state index in [-0.39, 0.29) is 0 Å². The third-order valence-corrected chi connectivity index (χ3v) is 6.05. The van der Waals surface area contributed by atoms with E-state index in [1.165, 1.54) is 140 Å². The van der Waals surface area contributed by atoms with Crippen molar-refractivity contribution in [2.24, 2.45) is 0 Å². The van der Waals surface area contributed by atoms with Crippen LogP contribution in [0.3, 0.4) is 0 Å². The molecule has 1 radical (unpaired) electrons. The van der Waals surface area contributed by atoms with Crippen LogP contribution >= 0.6 is 0 Å². The van der Waals surface area contributed by atoms with Gasteiger partial charge in [0.05, 0.1) is 0 Å². The molecule has 161 valence electrons. The van der Waals surface area contributed by atoms with E-state index < -0.39 is 0 Å². The van der Waals surface area contributed by atoms with Gasteiger partial charge in [0.2, 0.25) is 0 Å². The first kappa shape index (κ1) is 25.3. The van der Waals surface area contributed by atoms with Gasteiger partial charge in [-0.2, -0.15) is 0 Å². The van der Waals surface area contributed by atoms with Gasteiger partial charge in [0.1, 0.15) is 0 Å². The van der Waals surface area contributed by atoms with Crippen molar-refractivity contribution in [1.29, 1.82) is 0 Å². The van der Waals surface area contributed by atoms with E-state index in [1.807, 2.05) is 0 Å². The van der Waals surface area contributed by atoms with Crippen molar-refractivity contribution in [2.45, 2.75) is 142 Å². The van der Waals surface area contributed by atoms with Crippen LogP contribution in [0.4, 0.5) is 0 Å². The van der Waals surface area contributed by atoms with E-state index in [9.17, 15) is 0 Å². The lowest BCUT2D eigenvalue weighted by molar-refractivity contribution is 0.563. The van der Waals surface area contributed by atoms with Crippen LogP contribution in [0, 0.1) is 6.07 Å². The highest BCUT2D eigenvalue weighted by atomic mass is 14.0. The Hall–Kier alpha value is -0.780. The maximum absolute atomic E-state index is 3.39. The van der Waals surface area contributed by atoms with Crippen molar-refractivity contribution in [3.8, 4) is 0 Å². The fraction of sp³-hybridized carbons (Fsp3) is 0.786. The molecule has 0 aromatic heterocycles. The number of unbranched alkanes of at least 4 members (excludes halogenated alkanes) is 16. The lowest BCUT2D eigenvalue weighted by atomic mass is 9.99. The van der Waals surface area contributed by atoms with Crippen LogP contribution in [0.15, 0.2) is 18.2 Å². The summed E-state index contributed by atoms with van der Waals surface area (Å²) >= 11 is 0. The van der Waals surface area contributed by atoms with Crippen molar-refractivity contribution in [3.05, 3.63) is 35.4 Å². The summed E-state index contributed by atoms with van der Waals surface area (Å²) in [6.45, 7) is 4.59. The molecular formula is C28H49. The van der Waals surface area contributed by atoms with Crippen molar-refractivity contribution in [3.63, 3.8) is 0 Å². The fourth-order valence-electron chi connectivity index (χ4n) is 4.15. The molecule has 0 nitrogen and oxygen atoms in total. The summed E-state index contributed by atoms with van der Waals surface area (Å²) in [5.41, 5.74) is 3.02. The number of hydrogen-bond donors (Lipinski definition) is 0. The molecule has 0 saturated heterocycles. The Morgan fingerprint density at radius 2 is 0.786 bits per heavy atom. The molecule has 28 heavy (non-hydrogen) atoms. The first-order valence-corrected chi connectivity index (χ1v) is 12.9. The number of rotatable bonds is 20. The van der Waals surface area contributed by atoms with Gasteiger partial charge in [0, 0.05) is 0 Å². The van der Waals surface area contributed by atoms with Crippen LogP contribution in [0.25, 0.3) is 0 Å². The Labute approximate surface area is 177 Å². The van der Waals surface area contributed by atoms with E-state index in [0.29, 0.717) is 0 Å². The smallest absolute Gasteiger partial charge is 0.0178 e. The topological polar surface area (TPSA) is 0 Å². The Morgan fingerprint density at radius 3 is 1.14 bits per heavy atom. The van der Waals surface area contributed by atoms with Gasteiger partial charge in [-0.15, -0.1) is 0 Å². The summed E-state index contributed by atoms with van der Waals surface area (Å²) < 4.78 is 0. The lowest BCUT2D eigenvalue weighted by Crippen LogP contribution is -1.91. The highest BCUT2D eigenvalue weighted by molar-refractivity contribution is 5.22. The number of aryl methyl sites for hydroxylation is 2. The largest absolute Gasteiger partial charge is 0.0654 e. The predicted molar refractivity (Wildman–Crippen MR) is 127 cm³/mol. The maximum Gasteiger partial charge on any atom is -0.0178 e. The quantitative estimate of drug-likeness (QED) is 0.196. The second-order valence-corrected chi connectivity index (χ2v) is 8.91. The normalized spacial score (nSPS) is 11.2. The SMILES string of the molecule is CCCCCCCCCCCc1c[c]cc(CCCCCCCCCCC)c1. The molecule has 0 atom stereocenters. The summed E-state index contributed by atoms with van der Waals surface area (Å²) in [7, 11) is 0. The molecule has 0 aliphatic heterocycles. The lowest BCUT2D eigenvalue weighted by Gasteiger charge is -2.06. The summed E-state index contributed by atoms with van der Waals surface area (Å²) in [5.74, 6) is 0. The summed E-state index contributed by atoms with van der Waals surface area (Å²) in [4.78, 5) is 0. The zero-order valence-corrected chi connectivity index (χ0v) is 19.4. The predicted octanol–water partition coefficient (Wildman–Crippen LogP) is 9.63. The molecule has 0 aliphatic rings. The van der Waals surface area contributed by atoms with Gasteiger partial charge in [-0.05, 0) is 42.9 Å². The van der Waals surface area contributed by atoms with Gasteiger partial charge >= 0.3 is 0 Å². The minimum Gasteiger partial charge on any atom is -0.0654 e. The average molecular weight is 386 g/mol. The first-order chi connectivity index (χ1) is 13.9. The molecule has 0 aliphatic carbocycles. The minimum absolute atomic E-state index is 1.25. The zero-order chi connectivity index (χ0) is 20.1. The van der Waals surface area contributed by atoms with E-state index in [2.05, 4.69) is 38.1 Å². The highest BCUT2D eigenvalue weighted by Gasteiger charge is 1.99. The van der Waals surface area contributed by atoms with Crippen LogP contribution < -0.4 is 0 Å². The van der Waals surface area contributed by atoms with E-state index in [4.69, 9.17) is 0 Å². The van der Waals surface area contributed by atoms with Crippen molar-refractivity contribution < 1.29 is 0 Å². The summed E-state index contributed by atoms with van der Waals surface area (Å²) in [5, 5.41) is 0. The standard InChI is InChI=1S/C28H49/c1-3-5-7-9-11-13-15-17-19-22-27-24-21-25-28(26-27)23-20-18-16-14-12-10-8-6-4-2/h24-26H,3-20,22-23H2,1-2H3. The third-order valence-electron chi connectivity index (χ3n) is 6.05. The summed E-state index contributed by atoms with van der Waals surface area (Å²) in [6, 6.07) is 10.3. The second kappa shape index (κ2) is 19.5. The molecule has 0 spiro atoms. The van der Waals surface area contributed by atoms with Crippen LogP contribution in [0.1, 0.15) is 141 Å². The van der Waals surface area contributed by atoms with Gasteiger partial charge in [-0.1, -0.05) is 135 Å². The molecule has 1 aromatic carbocycles. The summed E-state index contributed by atoms with van der Waals surface area (Å²) in [6.07, 6.45) is 28.0. The Kier molecular flexibility index (Phi) is 17.6. The Bertz CT molecular complexity index is 396. The molecule has 0 saturated carbocycles. The molecule has 0 amide bonds. The van der Waals surface area contributed by atoms with Gasteiger partial charge in [-0.3, -0.25) is 0 Å². The maximum atomic E-state index is 3.39. The Balaban J connectivity index is 2.00. The molecule has 0 heteroatoms. The van der Waals surface area contributed by atoms with Crippen molar-refractivity contribution >= 4 is 0 Å². The van der Waals surface area contributed by atoms with Crippen molar-refractivity contribution in [2.75, 3.05) is 0 Å². The molecule has 0 fully saturated rings. The molecule has 0 bridgehead atoms. The van der Waals surface area contributed by atoms with Gasteiger partial charge < -0.3 is 0 Å². The number of benzene rings is 1. The number of hydrogen-bond acceptors (Lipinski definition) is 0. The van der Waals surface area contributed by atoms with Gasteiger partial charge in [0.15, 0.2) is 0 Å². The van der Waals surface area contributed by atoms with Crippen LogP contribution in [-0.4, -0.2) is 0 Å². The van der Waals surface area contributed by atoms with Gasteiger partial charge in [-0.25, -0.2) is 0 Å². The molecule has 1 rings (SSSR count). The minimum atomic E-state index is 1.25. The molecular weight excluding hydrogens is 336 g/mol. The van der Waals surface area contributed by atoms with Crippen LogP contribution in [0.2, 0.25) is 0 Å². The highest BCUT2D eigenvalue weighted by Crippen LogP contribution is 2.15. The molecule has 1 aromatic rings. The van der Waals surface area contributed by atoms with Crippen LogP contribution in [0.5, 0.6) is 0 Å². The van der Waals surface area contributed by atoms with Gasteiger partial charge in [0.25, 0.3) is 0 Å². The molecule has 0 heterocycles. The fourth-order valence-corrected chi connectivity index (χ4v) is 4.15. The van der Waals surface area contributed by atoms with Crippen LogP contribution in [-0.2, 0) is 12.8 Å². The monoisotopic (exact) mass is 385 g/mol. The second-order valence-electron chi connectivity index (χ2n) is 8.91. The van der Waals surface area contributed by atoms with E-state index >= 15 is 0 Å².